The largest absolute Gasteiger partial charge is 0.283 e. The molecule has 5 heteroatoms. The molecule has 1 aromatic heterocycles. The summed E-state index contributed by atoms with van der Waals surface area (Å²) in [7, 11) is 0. The Morgan fingerprint density at radius 3 is 2.61 bits per heavy atom. The van der Waals surface area contributed by atoms with Gasteiger partial charge in [0, 0.05) is 0 Å². The van der Waals surface area contributed by atoms with Gasteiger partial charge in [0.05, 0.1) is 16.8 Å². The van der Waals surface area contributed by atoms with Crippen LogP contribution in [0.1, 0.15) is 16.7 Å². The number of aromatic nitrogens is 1. The Labute approximate surface area is 144 Å². The van der Waals surface area contributed by atoms with Gasteiger partial charge >= 0.3 is 0 Å². The van der Waals surface area contributed by atoms with Gasteiger partial charge in [0.25, 0.3) is 0 Å². The van der Waals surface area contributed by atoms with Gasteiger partial charge in [0.1, 0.15) is 5.88 Å². The summed E-state index contributed by atoms with van der Waals surface area (Å²) in [6.07, 6.45) is 0. The Morgan fingerprint density at radius 1 is 1.17 bits per heavy atom. The molecule has 0 bridgehead atoms. The monoisotopic (exact) mass is 344 g/mol. The van der Waals surface area contributed by atoms with Crippen molar-refractivity contribution in [2.75, 3.05) is 10.8 Å². The molecule has 3 nitrogen and oxygen atoms in total. The Kier molecular flexibility index (Phi) is 4.64. The number of fused-ring (bicyclic) bond motifs is 1. The van der Waals surface area contributed by atoms with E-state index in [0.717, 1.165) is 21.3 Å². The molecule has 3 rings (SSSR count). The van der Waals surface area contributed by atoms with Gasteiger partial charge in [-0.15, -0.1) is 11.6 Å². The van der Waals surface area contributed by atoms with E-state index in [1.807, 2.05) is 30.3 Å². The van der Waals surface area contributed by atoms with Crippen molar-refractivity contribution in [2.24, 2.45) is 0 Å². The maximum Gasteiger partial charge on any atom is 0.244 e. The Bertz CT molecular complexity index is 845. The van der Waals surface area contributed by atoms with E-state index < -0.39 is 0 Å². The quantitative estimate of drug-likeness (QED) is 0.643. The Hall–Kier alpha value is -1.91. The van der Waals surface area contributed by atoms with Crippen LogP contribution in [0.4, 0.5) is 5.13 Å². The summed E-state index contributed by atoms with van der Waals surface area (Å²) < 4.78 is 1.09. The molecule has 2 aromatic carbocycles. The van der Waals surface area contributed by atoms with Gasteiger partial charge in [0.2, 0.25) is 5.91 Å². The zero-order valence-electron chi connectivity index (χ0n) is 13.0. The van der Waals surface area contributed by atoms with Crippen LogP contribution >= 0.6 is 22.9 Å². The fourth-order valence-electron chi connectivity index (χ4n) is 2.43. The molecule has 0 N–H and O–H groups in total. The van der Waals surface area contributed by atoms with Crippen LogP contribution in [0.5, 0.6) is 0 Å². The summed E-state index contributed by atoms with van der Waals surface area (Å²) in [6.45, 7) is 4.61. The second-order valence-corrected chi connectivity index (χ2v) is 6.73. The number of anilines is 1. The zero-order valence-corrected chi connectivity index (χ0v) is 14.6. The fourth-order valence-corrected chi connectivity index (χ4v) is 3.62. The molecule has 0 aliphatic carbocycles. The van der Waals surface area contributed by atoms with Crippen LogP contribution in [0.25, 0.3) is 10.2 Å². The molecule has 0 atom stereocenters. The molecule has 0 unspecified atom stereocenters. The van der Waals surface area contributed by atoms with Gasteiger partial charge in [-0.05, 0) is 36.6 Å². The first-order valence-electron chi connectivity index (χ1n) is 7.37. The predicted molar refractivity (Wildman–Crippen MR) is 97.4 cm³/mol. The van der Waals surface area contributed by atoms with Crippen LogP contribution < -0.4 is 4.90 Å². The molecule has 3 aromatic rings. The number of alkyl halides is 1. The lowest BCUT2D eigenvalue weighted by atomic mass is 10.1. The summed E-state index contributed by atoms with van der Waals surface area (Å²) in [5.41, 5.74) is 4.37. The van der Waals surface area contributed by atoms with Gasteiger partial charge in [-0.2, -0.15) is 0 Å². The van der Waals surface area contributed by atoms with E-state index >= 15 is 0 Å². The molecular weight excluding hydrogens is 328 g/mol. The molecule has 118 valence electrons. The molecular formula is C18H17ClN2OS. The first-order chi connectivity index (χ1) is 11.1. The highest BCUT2D eigenvalue weighted by atomic mass is 35.5. The number of carbonyl (C=O) groups is 1. The molecule has 0 fully saturated rings. The van der Waals surface area contributed by atoms with E-state index in [1.165, 1.54) is 16.9 Å². The first-order valence-corrected chi connectivity index (χ1v) is 8.72. The van der Waals surface area contributed by atoms with Crippen LogP contribution in [0, 0.1) is 13.8 Å². The van der Waals surface area contributed by atoms with Crippen molar-refractivity contribution in [1.29, 1.82) is 0 Å². The fraction of sp³-hybridized carbons (Fsp3) is 0.222. The van der Waals surface area contributed by atoms with Gasteiger partial charge < -0.3 is 0 Å². The summed E-state index contributed by atoms with van der Waals surface area (Å²) in [5, 5.41) is 0.697. The number of rotatable bonds is 4. The molecule has 23 heavy (non-hydrogen) atoms. The highest BCUT2D eigenvalue weighted by Crippen LogP contribution is 2.32. The van der Waals surface area contributed by atoms with Crippen LogP contribution in [0.2, 0.25) is 0 Å². The third-order valence-electron chi connectivity index (χ3n) is 3.90. The van der Waals surface area contributed by atoms with Crippen molar-refractivity contribution in [3.8, 4) is 0 Å². The lowest BCUT2D eigenvalue weighted by molar-refractivity contribution is -0.116. The molecule has 1 heterocycles. The topological polar surface area (TPSA) is 33.2 Å². The number of amides is 1. The van der Waals surface area contributed by atoms with Crippen molar-refractivity contribution in [1.82, 2.24) is 4.98 Å². The highest BCUT2D eigenvalue weighted by Gasteiger charge is 2.20. The van der Waals surface area contributed by atoms with Crippen molar-refractivity contribution >= 4 is 44.2 Å². The van der Waals surface area contributed by atoms with Crippen LogP contribution in [0.15, 0.2) is 42.5 Å². The molecule has 0 saturated heterocycles. The van der Waals surface area contributed by atoms with Crippen molar-refractivity contribution < 1.29 is 4.79 Å². The molecule has 0 aliphatic rings. The number of halogens is 1. The minimum absolute atomic E-state index is 0.0548. The summed E-state index contributed by atoms with van der Waals surface area (Å²) >= 11 is 7.33. The van der Waals surface area contributed by atoms with Gasteiger partial charge in [-0.3, -0.25) is 9.69 Å². The smallest absolute Gasteiger partial charge is 0.244 e. The van der Waals surface area contributed by atoms with E-state index in [2.05, 4.69) is 26.0 Å². The minimum atomic E-state index is -0.135. The molecule has 1 amide bonds. The van der Waals surface area contributed by atoms with E-state index in [4.69, 9.17) is 16.6 Å². The van der Waals surface area contributed by atoms with Crippen LogP contribution in [-0.2, 0) is 11.3 Å². The number of carbonyl (C=O) groups excluding carboxylic acids is 1. The molecule has 0 saturated carbocycles. The molecule has 0 radical (unpaired) electrons. The Morgan fingerprint density at radius 2 is 1.91 bits per heavy atom. The van der Waals surface area contributed by atoms with Crippen molar-refractivity contribution in [2.45, 2.75) is 20.4 Å². The lowest BCUT2D eigenvalue weighted by Crippen LogP contribution is -2.31. The molecule has 0 aliphatic heterocycles. The van der Waals surface area contributed by atoms with Gasteiger partial charge in [-0.1, -0.05) is 47.7 Å². The maximum absolute atomic E-state index is 12.3. The van der Waals surface area contributed by atoms with Crippen molar-refractivity contribution in [3.63, 3.8) is 0 Å². The normalized spacial score (nSPS) is 10.9. The summed E-state index contributed by atoms with van der Waals surface area (Å²) in [6, 6.07) is 14.0. The second kappa shape index (κ2) is 6.69. The lowest BCUT2D eigenvalue weighted by Gasteiger charge is -2.18. The first kappa shape index (κ1) is 16.0. The minimum Gasteiger partial charge on any atom is -0.283 e. The number of aryl methyl sites for hydroxylation is 2. The molecule has 0 spiro atoms. The standard InChI is InChI=1S/C18H17ClN2OS/c1-12-8-9-15-17(13(12)2)20-18(23-15)21(16(22)10-19)11-14-6-4-3-5-7-14/h3-9H,10-11H2,1-2H3. The number of hydrogen-bond acceptors (Lipinski definition) is 3. The number of thiazole rings is 1. The van der Waals surface area contributed by atoms with Crippen molar-refractivity contribution in [3.05, 3.63) is 59.2 Å². The number of benzene rings is 2. The average Bonchev–Trinajstić information content (AvgIpc) is 3.01. The predicted octanol–water partition coefficient (Wildman–Crippen LogP) is 4.69. The van der Waals surface area contributed by atoms with Crippen LogP contribution in [0.3, 0.4) is 0 Å². The van der Waals surface area contributed by atoms with E-state index in [1.54, 1.807) is 4.90 Å². The van der Waals surface area contributed by atoms with Gasteiger partial charge in [-0.25, -0.2) is 4.98 Å². The summed E-state index contributed by atoms with van der Waals surface area (Å²) in [5.74, 6) is -0.190. The van der Waals surface area contributed by atoms with E-state index in [0.29, 0.717) is 11.7 Å². The third kappa shape index (κ3) is 3.23. The van der Waals surface area contributed by atoms with Crippen LogP contribution in [-0.4, -0.2) is 16.8 Å². The van der Waals surface area contributed by atoms with E-state index in [9.17, 15) is 4.79 Å². The maximum atomic E-state index is 12.3. The SMILES string of the molecule is Cc1ccc2sc(N(Cc3ccccc3)C(=O)CCl)nc2c1C. The second-order valence-electron chi connectivity index (χ2n) is 5.45. The average molecular weight is 345 g/mol. The Balaban J connectivity index is 2.03. The van der Waals surface area contributed by atoms with Gasteiger partial charge in [0.15, 0.2) is 5.13 Å². The zero-order chi connectivity index (χ0) is 16.4. The highest BCUT2D eigenvalue weighted by molar-refractivity contribution is 7.22. The number of hydrogen-bond donors (Lipinski definition) is 0. The summed E-state index contributed by atoms with van der Waals surface area (Å²) in [4.78, 5) is 18.7. The number of nitrogens with zero attached hydrogens (tertiary/aromatic N) is 2. The third-order valence-corrected chi connectivity index (χ3v) is 5.18. The van der Waals surface area contributed by atoms with E-state index in [-0.39, 0.29) is 11.8 Å².